The Labute approximate surface area is 172 Å². The minimum absolute atomic E-state index is 0.139. The molecule has 0 fully saturated rings. The van der Waals surface area contributed by atoms with Crippen molar-refractivity contribution in [1.82, 2.24) is 0 Å². The van der Waals surface area contributed by atoms with Gasteiger partial charge in [-0.05, 0) is 63.8 Å². The van der Waals surface area contributed by atoms with E-state index in [0.717, 1.165) is 29.4 Å². The van der Waals surface area contributed by atoms with Crippen LogP contribution in [-0.4, -0.2) is 21.2 Å². The fourth-order valence-corrected chi connectivity index (χ4v) is 13.3. The third-order valence-electron chi connectivity index (χ3n) is 6.47. The van der Waals surface area contributed by atoms with Crippen LogP contribution in [0.5, 0.6) is 0 Å². The summed E-state index contributed by atoms with van der Waals surface area (Å²) in [7, 11) is -2.22. The molecule has 1 aliphatic rings. The fraction of sp³-hybridized carbons (Fsp3) is 0.480. The van der Waals surface area contributed by atoms with Crippen LogP contribution in [0.1, 0.15) is 55.4 Å². The smallest absolute Gasteiger partial charge is 0.134 e. The van der Waals surface area contributed by atoms with Crippen LogP contribution in [0.4, 0.5) is 11.4 Å². The maximum Gasteiger partial charge on any atom is 0.134 e. The van der Waals surface area contributed by atoms with Gasteiger partial charge in [0.1, 0.15) is 8.07 Å². The standard InChI is InChI=1S/C25H36N2Si/c1-10-27(11-2)19-13-15-21-23(17-19)28(24(4,5)6,25(7,8)9)22-16-18(3)12-14-20(22)26-21/h12-17H,3,10-11H2,1-2,4-9H3. The Bertz CT molecular complexity index is 975. The molecule has 0 atom stereocenters. The van der Waals surface area contributed by atoms with E-state index in [1.165, 1.54) is 16.1 Å². The Kier molecular flexibility index (Phi) is 5.12. The molecule has 0 aliphatic carbocycles. The molecule has 0 saturated carbocycles. The second kappa shape index (κ2) is 6.87. The van der Waals surface area contributed by atoms with Gasteiger partial charge in [-0.2, -0.15) is 0 Å². The molecular formula is C25H36N2Si. The molecule has 28 heavy (non-hydrogen) atoms. The lowest BCUT2D eigenvalue weighted by Crippen LogP contribution is -2.74. The lowest BCUT2D eigenvalue weighted by molar-refractivity contribution is 0.635. The predicted molar refractivity (Wildman–Crippen MR) is 127 cm³/mol. The molecule has 0 unspecified atom stereocenters. The summed E-state index contributed by atoms with van der Waals surface area (Å²) in [5.74, 6) is 0. The van der Waals surface area contributed by atoms with E-state index in [1.54, 1.807) is 0 Å². The number of anilines is 1. The first-order valence-electron chi connectivity index (χ1n) is 10.5. The Hall–Kier alpha value is -1.87. The molecule has 150 valence electrons. The molecule has 0 saturated heterocycles. The summed E-state index contributed by atoms with van der Waals surface area (Å²) in [5, 5.41) is 5.44. The maximum absolute atomic E-state index is 5.11. The van der Waals surface area contributed by atoms with Gasteiger partial charge in [0.15, 0.2) is 0 Å². The first-order valence-corrected chi connectivity index (χ1v) is 12.5. The van der Waals surface area contributed by atoms with Gasteiger partial charge >= 0.3 is 0 Å². The van der Waals surface area contributed by atoms with Crippen molar-refractivity contribution in [2.75, 3.05) is 18.0 Å². The maximum atomic E-state index is 5.11. The molecule has 3 heteroatoms. The average Bonchev–Trinajstić information content (AvgIpc) is 2.58. The largest absolute Gasteiger partial charge is 0.372 e. The lowest BCUT2D eigenvalue weighted by atomic mass is 10.2. The van der Waals surface area contributed by atoms with Gasteiger partial charge in [-0.15, -0.1) is 0 Å². The Morgan fingerprint density at radius 3 is 2.00 bits per heavy atom. The summed E-state index contributed by atoms with van der Waals surface area (Å²) < 4.78 is 0. The van der Waals surface area contributed by atoms with Crippen LogP contribution in [-0.2, 0) is 0 Å². The molecule has 1 heterocycles. The monoisotopic (exact) mass is 392 g/mol. The van der Waals surface area contributed by atoms with Crippen molar-refractivity contribution in [2.45, 2.75) is 65.5 Å². The second-order valence-corrected chi connectivity index (χ2v) is 15.7. The van der Waals surface area contributed by atoms with Gasteiger partial charge in [-0.25, -0.2) is 4.99 Å². The Morgan fingerprint density at radius 1 is 0.857 bits per heavy atom. The highest BCUT2D eigenvalue weighted by Gasteiger charge is 2.58. The van der Waals surface area contributed by atoms with Gasteiger partial charge in [0, 0.05) is 18.8 Å². The average molecular weight is 393 g/mol. The number of fused-ring (bicyclic) bond motifs is 2. The molecule has 3 rings (SSSR count). The van der Waals surface area contributed by atoms with E-state index in [1.807, 2.05) is 0 Å². The van der Waals surface area contributed by atoms with Gasteiger partial charge in [0.25, 0.3) is 0 Å². The van der Waals surface area contributed by atoms with E-state index in [9.17, 15) is 0 Å². The predicted octanol–water partition coefficient (Wildman–Crippen LogP) is 4.37. The molecule has 2 aromatic rings. The third kappa shape index (κ3) is 2.95. The number of hydrogen-bond donors (Lipinski definition) is 0. The molecule has 0 spiro atoms. The highest BCUT2D eigenvalue weighted by atomic mass is 28.3. The highest BCUT2D eigenvalue weighted by Crippen LogP contribution is 2.51. The van der Waals surface area contributed by atoms with Gasteiger partial charge in [0.05, 0.1) is 11.0 Å². The molecule has 2 aromatic carbocycles. The lowest BCUT2D eigenvalue weighted by Gasteiger charge is -2.54. The van der Waals surface area contributed by atoms with Gasteiger partial charge in [-0.1, -0.05) is 60.3 Å². The second-order valence-electron chi connectivity index (χ2n) is 10.1. The van der Waals surface area contributed by atoms with Crippen LogP contribution >= 0.6 is 0 Å². The quantitative estimate of drug-likeness (QED) is 0.708. The Balaban J connectivity index is 2.51. The number of rotatable bonds is 3. The van der Waals surface area contributed by atoms with Crippen LogP contribution < -0.4 is 25.8 Å². The molecule has 0 N–H and O–H groups in total. The SMILES string of the molecule is C=c1ccc2c(c1)[Si](C(C)(C)C)(C(C)(C)C)c1cc(N(CC)CC)ccc1N=2. The molecule has 1 aliphatic heterocycles. The summed E-state index contributed by atoms with van der Waals surface area (Å²) in [5.41, 5.74) is 2.48. The van der Waals surface area contributed by atoms with Crippen LogP contribution in [0.2, 0.25) is 10.1 Å². The first-order chi connectivity index (χ1) is 13.0. The Morgan fingerprint density at radius 2 is 1.46 bits per heavy atom. The van der Waals surface area contributed by atoms with Gasteiger partial charge < -0.3 is 4.90 Å². The van der Waals surface area contributed by atoms with E-state index < -0.39 is 8.07 Å². The zero-order chi connectivity index (χ0) is 20.9. The first kappa shape index (κ1) is 20.9. The minimum Gasteiger partial charge on any atom is -0.372 e. The van der Waals surface area contributed by atoms with E-state index >= 15 is 0 Å². The number of benzene rings is 2. The zero-order valence-electron chi connectivity index (χ0n) is 19.0. The molecule has 0 aromatic heterocycles. The van der Waals surface area contributed by atoms with Crippen LogP contribution in [0.15, 0.2) is 41.4 Å². The molecule has 2 nitrogen and oxygen atoms in total. The number of hydrogen-bond acceptors (Lipinski definition) is 2. The van der Waals surface area contributed by atoms with Crippen molar-refractivity contribution in [2.24, 2.45) is 4.99 Å². The van der Waals surface area contributed by atoms with Gasteiger partial charge in [-0.3, -0.25) is 0 Å². The summed E-state index contributed by atoms with van der Waals surface area (Å²) >= 11 is 0. The van der Waals surface area contributed by atoms with E-state index in [4.69, 9.17) is 4.99 Å². The normalized spacial score (nSPS) is 15.4. The zero-order valence-corrected chi connectivity index (χ0v) is 20.0. The molecule has 0 radical (unpaired) electrons. The summed E-state index contributed by atoms with van der Waals surface area (Å²) in [6, 6.07) is 13.6. The third-order valence-corrected chi connectivity index (χ3v) is 13.4. The summed E-state index contributed by atoms with van der Waals surface area (Å²) in [6.45, 7) is 25.4. The van der Waals surface area contributed by atoms with Crippen LogP contribution in [0.3, 0.4) is 0 Å². The van der Waals surface area contributed by atoms with E-state index in [-0.39, 0.29) is 10.1 Å². The van der Waals surface area contributed by atoms with E-state index in [0.29, 0.717) is 0 Å². The summed E-state index contributed by atoms with van der Waals surface area (Å²) in [6.07, 6.45) is 0. The van der Waals surface area contributed by atoms with Crippen molar-refractivity contribution in [1.29, 1.82) is 0 Å². The number of nitrogens with zero attached hydrogens (tertiary/aromatic N) is 2. The topological polar surface area (TPSA) is 15.6 Å². The van der Waals surface area contributed by atoms with Crippen molar-refractivity contribution < 1.29 is 0 Å². The molecule has 0 amide bonds. The van der Waals surface area contributed by atoms with Crippen molar-refractivity contribution >= 4 is 36.4 Å². The summed E-state index contributed by atoms with van der Waals surface area (Å²) in [4.78, 5) is 7.56. The fourth-order valence-electron chi connectivity index (χ4n) is 5.70. The van der Waals surface area contributed by atoms with Crippen LogP contribution in [0.25, 0.3) is 6.58 Å². The van der Waals surface area contributed by atoms with Crippen molar-refractivity contribution in [3.63, 3.8) is 0 Å². The minimum atomic E-state index is -2.22. The van der Waals surface area contributed by atoms with Gasteiger partial charge in [0.2, 0.25) is 0 Å². The van der Waals surface area contributed by atoms with E-state index in [2.05, 4.69) is 103 Å². The van der Waals surface area contributed by atoms with Crippen molar-refractivity contribution in [3.05, 3.63) is 47.0 Å². The molecule has 0 bridgehead atoms. The highest BCUT2D eigenvalue weighted by molar-refractivity contribution is 7.07. The molecular weight excluding hydrogens is 356 g/mol. The van der Waals surface area contributed by atoms with Crippen LogP contribution in [0, 0.1) is 0 Å². The van der Waals surface area contributed by atoms with Crippen molar-refractivity contribution in [3.8, 4) is 0 Å².